The normalized spacial score (nSPS) is 27.2. The fraction of sp³-hybridized carbons (Fsp3) is 0.684. The monoisotopic (exact) mass is 334 g/mol. The molecule has 3 atom stereocenters. The second-order valence-electron chi connectivity index (χ2n) is 8.40. The Morgan fingerprint density at radius 2 is 1.78 bits per heavy atom. The number of hydrogen-bond donors (Lipinski definition) is 2. The summed E-state index contributed by atoms with van der Waals surface area (Å²) in [6.45, 7) is 11.1. The fourth-order valence-corrected chi connectivity index (χ4v) is 4.48. The first-order valence-electron chi connectivity index (χ1n) is 8.95. The summed E-state index contributed by atoms with van der Waals surface area (Å²) in [5.74, 6) is 0. The third-order valence-electron chi connectivity index (χ3n) is 5.04. The molecule has 0 saturated heterocycles. The lowest BCUT2D eigenvalue weighted by molar-refractivity contribution is 0.0648. The number of nitrogens with two attached hydrogens (primary N) is 2. The summed E-state index contributed by atoms with van der Waals surface area (Å²) in [5, 5.41) is 0. The molecule has 4 heteroatoms. The maximum Gasteiger partial charge on any atom is 0.171 e. The first kappa shape index (κ1) is 18.7. The minimum absolute atomic E-state index is 0.0105. The van der Waals surface area contributed by atoms with E-state index in [1.807, 2.05) is 0 Å². The van der Waals surface area contributed by atoms with Crippen LogP contribution in [0.3, 0.4) is 0 Å². The Morgan fingerprint density at radius 3 is 2.26 bits per heavy atom. The van der Waals surface area contributed by atoms with Crippen LogP contribution in [0.25, 0.3) is 0 Å². The summed E-state index contributed by atoms with van der Waals surface area (Å²) in [5.41, 5.74) is 15.5. The summed E-state index contributed by atoms with van der Waals surface area (Å²) in [4.78, 5) is 0. The van der Waals surface area contributed by atoms with E-state index in [1.165, 1.54) is 17.5 Å². The predicted octanol–water partition coefficient (Wildman–Crippen LogP) is 3.62. The SMILES string of the molecule is C[SiH](C)OC(c1ccc(C(C)(C)C)cc1)C1(N)CCCCC1N. The molecule has 0 aliphatic heterocycles. The summed E-state index contributed by atoms with van der Waals surface area (Å²) in [7, 11) is -1.22. The topological polar surface area (TPSA) is 61.3 Å². The van der Waals surface area contributed by atoms with Gasteiger partial charge in [0.15, 0.2) is 9.04 Å². The molecule has 0 heterocycles. The quantitative estimate of drug-likeness (QED) is 0.827. The van der Waals surface area contributed by atoms with Gasteiger partial charge >= 0.3 is 0 Å². The Hall–Kier alpha value is -0.683. The molecule has 130 valence electrons. The molecule has 0 radical (unpaired) electrons. The van der Waals surface area contributed by atoms with Crippen LogP contribution in [-0.2, 0) is 9.84 Å². The van der Waals surface area contributed by atoms with Gasteiger partial charge in [-0.05, 0) is 42.5 Å². The lowest BCUT2D eigenvalue weighted by Gasteiger charge is -2.45. The molecule has 3 unspecified atom stereocenters. The van der Waals surface area contributed by atoms with Crippen LogP contribution in [0.15, 0.2) is 24.3 Å². The van der Waals surface area contributed by atoms with Gasteiger partial charge in [0.05, 0.1) is 11.6 Å². The fourth-order valence-electron chi connectivity index (χ4n) is 3.52. The second-order valence-corrected chi connectivity index (χ2v) is 10.8. The van der Waals surface area contributed by atoms with E-state index < -0.39 is 14.6 Å². The Morgan fingerprint density at radius 1 is 1.17 bits per heavy atom. The van der Waals surface area contributed by atoms with Gasteiger partial charge in [-0.15, -0.1) is 0 Å². The van der Waals surface area contributed by atoms with E-state index in [4.69, 9.17) is 15.9 Å². The zero-order valence-corrected chi connectivity index (χ0v) is 16.6. The smallest absolute Gasteiger partial charge is 0.171 e. The zero-order valence-electron chi connectivity index (χ0n) is 15.4. The maximum atomic E-state index is 6.82. The van der Waals surface area contributed by atoms with Crippen molar-refractivity contribution < 1.29 is 4.43 Å². The van der Waals surface area contributed by atoms with Crippen LogP contribution in [0.2, 0.25) is 13.1 Å². The molecule has 1 aromatic carbocycles. The highest BCUT2D eigenvalue weighted by Gasteiger charge is 2.43. The molecule has 2 rings (SSSR count). The van der Waals surface area contributed by atoms with Gasteiger partial charge in [0.1, 0.15) is 0 Å². The van der Waals surface area contributed by atoms with E-state index in [9.17, 15) is 0 Å². The third kappa shape index (κ3) is 4.24. The van der Waals surface area contributed by atoms with Crippen molar-refractivity contribution in [3.8, 4) is 0 Å². The van der Waals surface area contributed by atoms with Crippen LogP contribution in [0, 0.1) is 0 Å². The van der Waals surface area contributed by atoms with Crippen molar-refractivity contribution in [3.63, 3.8) is 0 Å². The van der Waals surface area contributed by atoms with E-state index in [2.05, 4.69) is 58.1 Å². The highest BCUT2D eigenvalue weighted by Crippen LogP contribution is 2.39. The third-order valence-corrected chi connectivity index (χ3v) is 5.86. The lowest BCUT2D eigenvalue weighted by atomic mass is 9.72. The Labute approximate surface area is 143 Å². The highest BCUT2D eigenvalue weighted by atomic mass is 28.3. The van der Waals surface area contributed by atoms with E-state index in [1.54, 1.807) is 0 Å². The largest absolute Gasteiger partial charge is 0.412 e. The van der Waals surface area contributed by atoms with Gasteiger partial charge in [-0.25, -0.2) is 0 Å². The molecule has 1 fully saturated rings. The van der Waals surface area contributed by atoms with E-state index in [0.717, 1.165) is 19.3 Å². The molecule has 0 amide bonds. The van der Waals surface area contributed by atoms with Gasteiger partial charge in [-0.2, -0.15) is 0 Å². The van der Waals surface area contributed by atoms with Crippen molar-refractivity contribution in [2.75, 3.05) is 0 Å². The van der Waals surface area contributed by atoms with Crippen molar-refractivity contribution in [1.29, 1.82) is 0 Å². The molecular formula is C19H34N2OSi. The van der Waals surface area contributed by atoms with Gasteiger partial charge in [0, 0.05) is 6.04 Å². The van der Waals surface area contributed by atoms with E-state index in [0.29, 0.717) is 0 Å². The number of hydrogen-bond acceptors (Lipinski definition) is 3. The summed E-state index contributed by atoms with van der Waals surface area (Å²) in [6, 6.07) is 8.82. The van der Waals surface area contributed by atoms with Crippen LogP contribution in [0.1, 0.15) is 63.7 Å². The molecule has 0 spiro atoms. The van der Waals surface area contributed by atoms with Crippen LogP contribution >= 0.6 is 0 Å². The van der Waals surface area contributed by atoms with Gasteiger partial charge in [0.25, 0.3) is 0 Å². The minimum Gasteiger partial charge on any atom is -0.412 e. The Balaban J connectivity index is 2.35. The standard InChI is InChI=1S/C19H34N2OSi/c1-18(2,3)15-11-9-14(10-12-15)17(22-23(4)5)19(21)13-7-6-8-16(19)20/h9-12,16-17,23H,6-8,13,20-21H2,1-5H3. The van der Waals surface area contributed by atoms with E-state index in [-0.39, 0.29) is 17.6 Å². The average Bonchev–Trinajstić information content (AvgIpc) is 2.47. The zero-order chi connectivity index (χ0) is 17.3. The van der Waals surface area contributed by atoms with Crippen molar-refractivity contribution in [3.05, 3.63) is 35.4 Å². The summed E-state index contributed by atoms with van der Waals surface area (Å²) < 4.78 is 6.41. The molecule has 0 bridgehead atoms. The molecule has 1 aliphatic rings. The summed E-state index contributed by atoms with van der Waals surface area (Å²) in [6.07, 6.45) is 4.17. The first-order valence-corrected chi connectivity index (χ1v) is 11.7. The van der Waals surface area contributed by atoms with Gasteiger partial charge in [-0.3, -0.25) is 0 Å². The van der Waals surface area contributed by atoms with Crippen LogP contribution in [-0.4, -0.2) is 20.6 Å². The predicted molar refractivity (Wildman–Crippen MR) is 101 cm³/mol. The molecule has 0 aromatic heterocycles. The molecule has 3 nitrogen and oxygen atoms in total. The maximum absolute atomic E-state index is 6.82. The van der Waals surface area contributed by atoms with Crippen molar-refractivity contribution in [2.45, 2.75) is 82.6 Å². The minimum atomic E-state index is -1.22. The van der Waals surface area contributed by atoms with Gasteiger partial charge < -0.3 is 15.9 Å². The van der Waals surface area contributed by atoms with Crippen molar-refractivity contribution in [1.82, 2.24) is 0 Å². The van der Waals surface area contributed by atoms with Gasteiger partial charge in [-0.1, -0.05) is 57.9 Å². The van der Waals surface area contributed by atoms with Crippen LogP contribution in [0.4, 0.5) is 0 Å². The van der Waals surface area contributed by atoms with Crippen molar-refractivity contribution >= 4 is 9.04 Å². The Kier molecular flexibility index (Phi) is 5.72. The molecule has 4 N–H and O–H groups in total. The van der Waals surface area contributed by atoms with Crippen LogP contribution in [0.5, 0.6) is 0 Å². The van der Waals surface area contributed by atoms with E-state index >= 15 is 0 Å². The highest BCUT2D eigenvalue weighted by molar-refractivity contribution is 6.48. The summed E-state index contributed by atoms with van der Waals surface area (Å²) >= 11 is 0. The molecular weight excluding hydrogens is 300 g/mol. The van der Waals surface area contributed by atoms with Crippen LogP contribution < -0.4 is 11.5 Å². The first-order chi connectivity index (χ1) is 10.6. The Bertz CT molecular complexity index is 509. The second kappa shape index (κ2) is 7.05. The molecule has 1 aromatic rings. The van der Waals surface area contributed by atoms with Gasteiger partial charge in [0.2, 0.25) is 0 Å². The lowest BCUT2D eigenvalue weighted by Crippen LogP contribution is -2.61. The number of rotatable bonds is 4. The molecule has 1 aliphatic carbocycles. The molecule has 1 saturated carbocycles. The molecule has 23 heavy (non-hydrogen) atoms. The average molecular weight is 335 g/mol. The number of benzene rings is 1. The van der Waals surface area contributed by atoms with Crippen molar-refractivity contribution in [2.24, 2.45) is 11.5 Å².